The Morgan fingerprint density at radius 2 is 2.07 bits per heavy atom. The van der Waals surface area contributed by atoms with Gasteiger partial charge in [-0.15, -0.1) is 11.3 Å². The van der Waals surface area contributed by atoms with Crippen molar-refractivity contribution in [2.45, 2.75) is 0 Å². The third-order valence-corrected chi connectivity index (χ3v) is 2.26. The van der Waals surface area contributed by atoms with Gasteiger partial charge in [0.15, 0.2) is 0 Å². The molecule has 1 amide bonds. The summed E-state index contributed by atoms with van der Waals surface area (Å²) >= 11 is 1.34. The van der Waals surface area contributed by atoms with Crippen molar-refractivity contribution in [1.82, 2.24) is 9.88 Å². The number of hydrogen-bond acceptors (Lipinski definition) is 5. The number of aliphatic hydroxyl groups excluding tert-OH is 2. The zero-order valence-electron chi connectivity index (χ0n) is 7.59. The lowest BCUT2D eigenvalue weighted by Crippen LogP contribution is -2.36. The predicted octanol–water partition coefficient (Wildman–Crippen LogP) is -0.430. The average molecular weight is 216 g/mol. The molecule has 0 fully saturated rings. The summed E-state index contributed by atoms with van der Waals surface area (Å²) in [6.45, 7) is 0.208. The lowest BCUT2D eigenvalue weighted by Gasteiger charge is -2.19. The van der Waals surface area contributed by atoms with E-state index >= 15 is 0 Å². The quantitative estimate of drug-likeness (QED) is 0.700. The van der Waals surface area contributed by atoms with Crippen molar-refractivity contribution < 1.29 is 15.0 Å². The molecule has 1 heterocycles. The number of rotatable bonds is 5. The highest BCUT2D eigenvalue weighted by atomic mass is 32.1. The number of nitrogens with zero attached hydrogens (tertiary/aromatic N) is 2. The molecule has 0 aromatic carbocycles. The largest absolute Gasteiger partial charge is 0.395 e. The molecule has 0 aliphatic rings. The van der Waals surface area contributed by atoms with Crippen LogP contribution in [0.3, 0.4) is 0 Å². The fraction of sp³-hybridized carbons (Fsp3) is 0.500. The van der Waals surface area contributed by atoms with Gasteiger partial charge in [0.1, 0.15) is 5.69 Å². The number of aromatic nitrogens is 1. The Morgan fingerprint density at radius 1 is 1.43 bits per heavy atom. The minimum absolute atomic E-state index is 0.115. The highest BCUT2D eigenvalue weighted by Gasteiger charge is 2.15. The minimum atomic E-state index is -0.255. The van der Waals surface area contributed by atoms with Crippen LogP contribution in [0.5, 0.6) is 0 Å². The number of carbonyl (C=O) groups is 1. The molecule has 6 heteroatoms. The number of hydrogen-bond donors (Lipinski definition) is 2. The Balaban J connectivity index is 2.63. The summed E-state index contributed by atoms with van der Waals surface area (Å²) in [5.74, 6) is -0.255. The molecule has 0 spiro atoms. The monoisotopic (exact) mass is 216 g/mol. The van der Waals surface area contributed by atoms with Crippen LogP contribution in [0.25, 0.3) is 0 Å². The zero-order valence-corrected chi connectivity index (χ0v) is 8.40. The summed E-state index contributed by atoms with van der Waals surface area (Å²) in [5, 5.41) is 19.1. The van der Waals surface area contributed by atoms with Gasteiger partial charge in [0.2, 0.25) is 0 Å². The van der Waals surface area contributed by atoms with Crippen LogP contribution in [0.2, 0.25) is 0 Å². The summed E-state index contributed by atoms with van der Waals surface area (Å²) in [7, 11) is 0. The van der Waals surface area contributed by atoms with Crippen LogP contribution < -0.4 is 0 Å². The van der Waals surface area contributed by atoms with Gasteiger partial charge in [-0.3, -0.25) is 4.79 Å². The van der Waals surface area contributed by atoms with Gasteiger partial charge >= 0.3 is 0 Å². The summed E-state index contributed by atoms with van der Waals surface area (Å²) in [4.78, 5) is 16.9. The van der Waals surface area contributed by atoms with Gasteiger partial charge in [-0.05, 0) is 0 Å². The highest BCUT2D eigenvalue weighted by Crippen LogP contribution is 2.05. The molecule has 78 valence electrons. The van der Waals surface area contributed by atoms with E-state index in [1.165, 1.54) is 16.2 Å². The molecule has 14 heavy (non-hydrogen) atoms. The Kier molecular flexibility index (Phi) is 4.51. The van der Waals surface area contributed by atoms with Crippen molar-refractivity contribution >= 4 is 17.2 Å². The average Bonchev–Trinajstić information content (AvgIpc) is 2.69. The van der Waals surface area contributed by atoms with Gasteiger partial charge in [-0.2, -0.15) is 0 Å². The van der Waals surface area contributed by atoms with Gasteiger partial charge < -0.3 is 15.1 Å². The van der Waals surface area contributed by atoms with Crippen molar-refractivity contribution in [3.8, 4) is 0 Å². The maximum Gasteiger partial charge on any atom is 0.273 e. The third kappa shape index (κ3) is 2.76. The summed E-state index contributed by atoms with van der Waals surface area (Å²) in [5.41, 5.74) is 1.93. The number of thiazole rings is 1. The SMILES string of the molecule is O=C(c1cscn1)N(CCO)CCO. The summed E-state index contributed by atoms with van der Waals surface area (Å²) in [6.07, 6.45) is 0. The molecular formula is C8H12N2O3S. The van der Waals surface area contributed by atoms with Gasteiger partial charge in [0.25, 0.3) is 5.91 Å². The lowest BCUT2D eigenvalue weighted by atomic mass is 10.4. The molecule has 0 aliphatic heterocycles. The maximum atomic E-state index is 11.6. The van der Waals surface area contributed by atoms with Crippen LogP contribution in [0, 0.1) is 0 Å². The van der Waals surface area contributed by atoms with Crippen LogP contribution >= 0.6 is 11.3 Å². The second-order valence-electron chi connectivity index (χ2n) is 2.61. The van der Waals surface area contributed by atoms with Crippen molar-refractivity contribution in [2.24, 2.45) is 0 Å². The van der Waals surface area contributed by atoms with E-state index in [-0.39, 0.29) is 32.2 Å². The van der Waals surface area contributed by atoms with E-state index in [1.807, 2.05) is 0 Å². The van der Waals surface area contributed by atoms with Crippen molar-refractivity contribution in [2.75, 3.05) is 26.3 Å². The maximum absolute atomic E-state index is 11.6. The summed E-state index contributed by atoms with van der Waals surface area (Å²) < 4.78 is 0. The second-order valence-corrected chi connectivity index (χ2v) is 3.33. The molecule has 0 radical (unpaired) electrons. The first kappa shape index (κ1) is 11.1. The molecule has 1 aromatic rings. The fourth-order valence-corrected chi connectivity index (χ4v) is 1.56. The van der Waals surface area contributed by atoms with E-state index in [2.05, 4.69) is 4.98 Å². The fourth-order valence-electron chi connectivity index (χ4n) is 1.04. The Morgan fingerprint density at radius 3 is 2.50 bits per heavy atom. The predicted molar refractivity (Wildman–Crippen MR) is 52.2 cm³/mol. The van der Waals surface area contributed by atoms with Gasteiger partial charge in [-0.1, -0.05) is 0 Å². The molecule has 0 unspecified atom stereocenters. The van der Waals surface area contributed by atoms with E-state index in [4.69, 9.17) is 10.2 Å². The third-order valence-electron chi connectivity index (χ3n) is 1.68. The standard InChI is InChI=1S/C8H12N2O3S/c11-3-1-10(2-4-12)8(13)7-5-14-6-9-7/h5-6,11-12H,1-4H2. The molecule has 5 nitrogen and oxygen atoms in total. The van der Waals surface area contributed by atoms with Crippen molar-refractivity contribution in [3.05, 3.63) is 16.6 Å². The van der Waals surface area contributed by atoms with Crippen LogP contribution in [0.15, 0.2) is 10.9 Å². The number of amides is 1. The van der Waals surface area contributed by atoms with Gasteiger partial charge in [0, 0.05) is 18.5 Å². The lowest BCUT2D eigenvalue weighted by molar-refractivity contribution is 0.0680. The Labute approximate surface area is 85.6 Å². The van der Waals surface area contributed by atoms with Crippen molar-refractivity contribution in [3.63, 3.8) is 0 Å². The number of carbonyl (C=O) groups excluding carboxylic acids is 1. The molecule has 0 atom stereocenters. The van der Waals surface area contributed by atoms with Crippen molar-refractivity contribution in [1.29, 1.82) is 0 Å². The van der Waals surface area contributed by atoms with E-state index in [0.29, 0.717) is 5.69 Å². The molecule has 0 aliphatic carbocycles. The van der Waals surface area contributed by atoms with Gasteiger partial charge in [-0.25, -0.2) is 4.98 Å². The van der Waals surface area contributed by atoms with Crippen LogP contribution in [0.1, 0.15) is 10.5 Å². The second kappa shape index (κ2) is 5.69. The number of aliphatic hydroxyl groups is 2. The molecule has 0 saturated heterocycles. The topological polar surface area (TPSA) is 73.7 Å². The zero-order chi connectivity index (χ0) is 10.4. The Bertz CT molecular complexity index is 270. The van der Waals surface area contributed by atoms with Crippen LogP contribution in [-0.4, -0.2) is 52.3 Å². The normalized spacial score (nSPS) is 10.1. The highest BCUT2D eigenvalue weighted by molar-refractivity contribution is 7.07. The minimum Gasteiger partial charge on any atom is -0.395 e. The van der Waals surface area contributed by atoms with E-state index in [1.54, 1.807) is 10.9 Å². The molecule has 1 rings (SSSR count). The van der Waals surface area contributed by atoms with Crippen LogP contribution in [-0.2, 0) is 0 Å². The first-order valence-electron chi connectivity index (χ1n) is 4.18. The molecular weight excluding hydrogens is 204 g/mol. The van der Waals surface area contributed by atoms with E-state index in [0.717, 1.165) is 0 Å². The Hall–Kier alpha value is -0.980. The smallest absolute Gasteiger partial charge is 0.273 e. The molecule has 0 saturated carbocycles. The van der Waals surface area contributed by atoms with Gasteiger partial charge in [0.05, 0.1) is 18.7 Å². The molecule has 0 bridgehead atoms. The first-order chi connectivity index (χ1) is 6.79. The first-order valence-corrected chi connectivity index (χ1v) is 5.13. The van der Waals surface area contributed by atoms with E-state index in [9.17, 15) is 4.79 Å². The van der Waals surface area contributed by atoms with E-state index < -0.39 is 0 Å². The molecule has 1 aromatic heterocycles. The van der Waals surface area contributed by atoms with Crippen LogP contribution in [0.4, 0.5) is 0 Å². The molecule has 2 N–H and O–H groups in total. The summed E-state index contributed by atoms with van der Waals surface area (Å²) in [6, 6.07) is 0.